The largest absolute Gasteiger partial charge is 0.379 e. The van der Waals surface area contributed by atoms with Crippen LogP contribution in [0, 0.1) is 0 Å². The average molecular weight is 344 g/mol. The van der Waals surface area contributed by atoms with E-state index < -0.39 is 0 Å². The molecule has 7 heteroatoms. The minimum Gasteiger partial charge on any atom is -0.379 e. The molecule has 1 atom stereocenters. The number of benzene rings is 1. The molecule has 2 aromatic heterocycles. The number of aliphatic imine (C=N–C) groups is 1. The van der Waals surface area contributed by atoms with Crippen LogP contribution in [0.4, 0.5) is 0 Å². The van der Waals surface area contributed by atoms with E-state index in [1.54, 1.807) is 12.3 Å². The summed E-state index contributed by atoms with van der Waals surface area (Å²) in [4.78, 5) is 21.6. The van der Waals surface area contributed by atoms with Crippen LogP contribution in [0.5, 0.6) is 0 Å². The van der Waals surface area contributed by atoms with E-state index in [-0.39, 0.29) is 11.6 Å². The molecule has 0 aliphatic heterocycles. The summed E-state index contributed by atoms with van der Waals surface area (Å²) in [6.45, 7) is 2.01. The second-order valence-electron chi connectivity index (χ2n) is 4.98. The van der Waals surface area contributed by atoms with Crippen molar-refractivity contribution in [3.63, 3.8) is 0 Å². The average Bonchev–Trinajstić information content (AvgIpc) is 3.03. The zero-order valence-corrected chi connectivity index (χ0v) is 14.2. The van der Waals surface area contributed by atoms with Crippen LogP contribution < -0.4 is 11.3 Å². The molecule has 3 rings (SSSR count). The standard InChI is InChI=1S/C16H16N4OS2/c1-11(12-5-3-2-4-6-12)18-15(17)23-10-13-9-14(21)20-7-8-22-16(20)19-13/h2-9,11H,10H2,1H3,(H2,17,18)/t11-/m1/s1. The maximum Gasteiger partial charge on any atom is 0.258 e. The molecule has 0 aliphatic rings. The fraction of sp³-hybridized carbons (Fsp3) is 0.188. The Bertz CT molecular complexity index is 886. The minimum absolute atomic E-state index is 0.00191. The first kappa shape index (κ1) is 15.8. The first-order valence-corrected chi connectivity index (χ1v) is 8.97. The zero-order chi connectivity index (χ0) is 16.2. The molecule has 0 amide bonds. The summed E-state index contributed by atoms with van der Waals surface area (Å²) in [6, 6.07) is 11.5. The van der Waals surface area contributed by atoms with Crippen molar-refractivity contribution < 1.29 is 0 Å². The van der Waals surface area contributed by atoms with Gasteiger partial charge in [-0.2, -0.15) is 0 Å². The summed E-state index contributed by atoms with van der Waals surface area (Å²) in [7, 11) is 0. The Morgan fingerprint density at radius 1 is 1.43 bits per heavy atom. The number of rotatable bonds is 4. The monoisotopic (exact) mass is 344 g/mol. The predicted octanol–water partition coefficient (Wildman–Crippen LogP) is 3.07. The summed E-state index contributed by atoms with van der Waals surface area (Å²) < 4.78 is 1.54. The molecule has 0 bridgehead atoms. The fourth-order valence-electron chi connectivity index (χ4n) is 2.14. The summed E-state index contributed by atoms with van der Waals surface area (Å²) in [5, 5.41) is 2.34. The molecule has 0 radical (unpaired) electrons. The third kappa shape index (κ3) is 3.80. The van der Waals surface area contributed by atoms with Gasteiger partial charge >= 0.3 is 0 Å². The number of aromatic nitrogens is 2. The Kier molecular flexibility index (Phi) is 4.78. The van der Waals surface area contributed by atoms with Gasteiger partial charge in [0.2, 0.25) is 0 Å². The molecule has 118 valence electrons. The third-order valence-corrected chi connectivity index (χ3v) is 4.92. The van der Waals surface area contributed by atoms with E-state index in [9.17, 15) is 4.79 Å². The van der Waals surface area contributed by atoms with Gasteiger partial charge in [-0.05, 0) is 12.5 Å². The van der Waals surface area contributed by atoms with Crippen molar-refractivity contribution in [1.82, 2.24) is 9.38 Å². The molecule has 5 nitrogen and oxygen atoms in total. The maximum absolute atomic E-state index is 11.9. The number of amidine groups is 1. The van der Waals surface area contributed by atoms with Gasteiger partial charge in [-0.1, -0.05) is 42.1 Å². The van der Waals surface area contributed by atoms with Crippen LogP contribution in [0.25, 0.3) is 4.96 Å². The molecule has 0 fully saturated rings. The molecule has 0 saturated heterocycles. The number of hydrogen-bond donors (Lipinski definition) is 1. The molecule has 2 N–H and O–H groups in total. The molecule has 3 aromatic rings. The SMILES string of the molecule is C[C@@H](N=C(N)SCc1cc(=O)n2ccsc2n1)c1ccccc1. The fourth-order valence-corrected chi connectivity index (χ4v) is 3.56. The van der Waals surface area contributed by atoms with Gasteiger partial charge in [-0.3, -0.25) is 14.2 Å². The summed E-state index contributed by atoms with van der Waals surface area (Å²) in [6.07, 6.45) is 1.73. The molecular weight excluding hydrogens is 328 g/mol. The third-order valence-electron chi connectivity index (χ3n) is 3.33. The van der Waals surface area contributed by atoms with E-state index in [4.69, 9.17) is 5.73 Å². The molecule has 0 spiro atoms. The summed E-state index contributed by atoms with van der Waals surface area (Å²) >= 11 is 2.83. The number of thioether (sulfide) groups is 1. The molecule has 2 heterocycles. The van der Waals surface area contributed by atoms with Crippen LogP contribution in [0.1, 0.15) is 24.2 Å². The van der Waals surface area contributed by atoms with E-state index in [0.717, 1.165) is 5.56 Å². The van der Waals surface area contributed by atoms with Crippen molar-refractivity contribution in [1.29, 1.82) is 0 Å². The molecule has 1 aromatic carbocycles. The molecule has 0 aliphatic carbocycles. The van der Waals surface area contributed by atoms with Crippen molar-refractivity contribution in [2.24, 2.45) is 10.7 Å². The summed E-state index contributed by atoms with van der Waals surface area (Å²) in [5.41, 5.74) is 7.76. The normalized spacial score (nSPS) is 13.3. The van der Waals surface area contributed by atoms with Gasteiger partial charge in [-0.25, -0.2) is 4.98 Å². The van der Waals surface area contributed by atoms with Crippen LogP contribution in [-0.4, -0.2) is 14.6 Å². The lowest BCUT2D eigenvalue weighted by atomic mass is 10.1. The second kappa shape index (κ2) is 6.97. The van der Waals surface area contributed by atoms with Gasteiger partial charge in [0.05, 0.1) is 11.7 Å². The van der Waals surface area contributed by atoms with Crippen LogP contribution in [0.3, 0.4) is 0 Å². The minimum atomic E-state index is -0.0694. The predicted molar refractivity (Wildman–Crippen MR) is 97.1 cm³/mol. The number of nitrogens with zero attached hydrogens (tertiary/aromatic N) is 3. The quantitative estimate of drug-likeness (QED) is 0.583. The van der Waals surface area contributed by atoms with Crippen molar-refractivity contribution in [3.8, 4) is 0 Å². The Morgan fingerprint density at radius 2 is 2.22 bits per heavy atom. The first-order valence-electron chi connectivity index (χ1n) is 7.10. The van der Waals surface area contributed by atoms with Gasteiger partial charge in [0, 0.05) is 23.4 Å². The number of nitrogens with two attached hydrogens (primary N) is 1. The van der Waals surface area contributed by atoms with Gasteiger partial charge in [-0.15, -0.1) is 11.3 Å². The van der Waals surface area contributed by atoms with Gasteiger partial charge < -0.3 is 5.73 Å². The van der Waals surface area contributed by atoms with E-state index in [1.807, 2.05) is 42.6 Å². The van der Waals surface area contributed by atoms with Gasteiger partial charge in [0.25, 0.3) is 5.56 Å². The van der Waals surface area contributed by atoms with Crippen LogP contribution in [-0.2, 0) is 5.75 Å². The van der Waals surface area contributed by atoms with Gasteiger partial charge in [0.15, 0.2) is 10.1 Å². The molecule has 0 saturated carbocycles. The van der Waals surface area contributed by atoms with E-state index in [0.29, 0.717) is 21.6 Å². The number of fused-ring (bicyclic) bond motifs is 1. The zero-order valence-electron chi connectivity index (χ0n) is 12.5. The van der Waals surface area contributed by atoms with Gasteiger partial charge in [0.1, 0.15) is 0 Å². The molecular formula is C16H16N4OS2. The van der Waals surface area contributed by atoms with Crippen LogP contribution >= 0.6 is 23.1 Å². The topological polar surface area (TPSA) is 72.8 Å². The highest BCUT2D eigenvalue weighted by molar-refractivity contribution is 8.13. The Hall–Kier alpha value is -2.12. The van der Waals surface area contributed by atoms with E-state index in [1.165, 1.54) is 27.5 Å². The lowest BCUT2D eigenvalue weighted by molar-refractivity contribution is 0.822. The van der Waals surface area contributed by atoms with Crippen molar-refractivity contribution in [3.05, 3.63) is 69.6 Å². The second-order valence-corrected chi connectivity index (χ2v) is 6.85. The Balaban J connectivity index is 1.69. The highest BCUT2D eigenvalue weighted by atomic mass is 32.2. The molecule has 23 heavy (non-hydrogen) atoms. The Morgan fingerprint density at radius 3 is 3.00 bits per heavy atom. The number of hydrogen-bond acceptors (Lipinski definition) is 5. The van der Waals surface area contributed by atoms with Crippen molar-refractivity contribution in [2.75, 3.05) is 0 Å². The van der Waals surface area contributed by atoms with Crippen molar-refractivity contribution >= 4 is 33.2 Å². The maximum atomic E-state index is 11.9. The summed E-state index contributed by atoms with van der Waals surface area (Å²) in [5.74, 6) is 0.528. The van der Waals surface area contributed by atoms with Crippen LogP contribution in [0.2, 0.25) is 0 Å². The lowest BCUT2D eigenvalue weighted by Gasteiger charge is -2.08. The van der Waals surface area contributed by atoms with E-state index >= 15 is 0 Å². The van der Waals surface area contributed by atoms with Crippen molar-refractivity contribution in [2.45, 2.75) is 18.7 Å². The highest BCUT2D eigenvalue weighted by Crippen LogP contribution is 2.19. The highest BCUT2D eigenvalue weighted by Gasteiger charge is 2.07. The molecule has 0 unspecified atom stereocenters. The number of thiazole rings is 1. The first-order chi connectivity index (χ1) is 11.1. The van der Waals surface area contributed by atoms with E-state index in [2.05, 4.69) is 9.98 Å². The smallest absolute Gasteiger partial charge is 0.258 e. The van der Waals surface area contributed by atoms with Crippen LogP contribution in [0.15, 0.2) is 57.8 Å². The Labute approximate surface area is 141 Å². The lowest BCUT2D eigenvalue weighted by Crippen LogP contribution is -2.14.